The van der Waals surface area contributed by atoms with Crippen LogP contribution in [0.5, 0.6) is 0 Å². The summed E-state index contributed by atoms with van der Waals surface area (Å²) < 4.78 is 0. The number of nitrogens with one attached hydrogen (secondary N) is 1. The second-order valence-corrected chi connectivity index (χ2v) is 4.78. The van der Waals surface area contributed by atoms with E-state index >= 15 is 0 Å². The van der Waals surface area contributed by atoms with Crippen LogP contribution in [0.4, 0.5) is 5.69 Å². The molecule has 2 aromatic rings. The summed E-state index contributed by atoms with van der Waals surface area (Å²) in [5.41, 5.74) is 1.77. The lowest BCUT2D eigenvalue weighted by Gasteiger charge is -2.07. The molecule has 0 saturated carbocycles. The van der Waals surface area contributed by atoms with Crippen LogP contribution < -0.4 is 5.32 Å². The number of hydrogen-bond acceptors (Lipinski definition) is 4. The summed E-state index contributed by atoms with van der Waals surface area (Å²) in [5.74, 6) is -0.364. The van der Waals surface area contributed by atoms with Gasteiger partial charge >= 0.3 is 0 Å². The number of carbonyl (C=O) groups excluding carboxylic acids is 1. The van der Waals surface area contributed by atoms with Crippen LogP contribution in [-0.2, 0) is 6.54 Å². The van der Waals surface area contributed by atoms with Crippen molar-refractivity contribution in [2.75, 3.05) is 0 Å². The first-order valence-electron chi connectivity index (χ1n) is 6.11. The predicted molar refractivity (Wildman–Crippen MR) is 78.3 cm³/mol. The Hall–Kier alpha value is -2.47. The second-order valence-electron chi connectivity index (χ2n) is 4.37. The number of nitro benzene ring substituents is 1. The molecule has 0 aliphatic carbocycles. The Bertz CT molecular complexity index is 704. The fraction of sp³-hybridized carbons (Fsp3) is 0.143. The molecule has 6 nitrogen and oxygen atoms in total. The van der Waals surface area contributed by atoms with Crippen LogP contribution in [0.25, 0.3) is 0 Å². The smallest absolute Gasteiger partial charge is 0.287 e. The molecule has 7 heteroatoms. The number of nitrogens with zero attached hydrogens (tertiary/aromatic N) is 2. The Morgan fingerprint density at radius 3 is 2.81 bits per heavy atom. The van der Waals surface area contributed by atoms with Crippen LogP contribution in [0.3, 0.4) is 0 Å². The highest BCUT2D eigenvalue weighted by Gasteiger charge is 2.15. The zero-order valence-electron chi connectivity index (χ0n) is 11.2. The summed E-state index contributed by atoms with van der Waals surface area (Å²) >= 11 is 5.78. The standard InChI is InChI=1S/C14H12ClN3O3/c1-9-3-2-6-16-12(9)8-17-14(19)10-4-5-13(18(20)21)11(15)7-10/h2-7H,8H2,1H3,(H,17,19). The molecule has 108 valence electrons. The first kappa shape index (κ1) is 14.9. The van der Waals surface area contributed by atoms with Crippen LogP contribution in [-0.4, -0.2) is 15.8 Å². The third-order valence-electron chi connectivity index (χ3n) is 2.94. The molecule has 0 bridgehead atoms. The molecule has 1 heterocycles. The number of carbonyl (C=O) groups is 1. The second kappa shape index (κ2) is 6.32. The molecule has 0 aliphatic rings. The van der Waals surface area contributed by atoms with Gasteiger partial charge in [0.25, 0.3) is 11.6 Å². The van der Waals surface area contributed by atoms with Crippen molar-refractivity contribution >= 4 is 23.2 Å². The Labute approximate surface area is 125 Å². The molecular weight excluding hydrogens is 294 g/mol. The van der Waals surface area contributed by atoms with E-state index in [2.05, 4.69) is 10.3 Å². The Kier molecular flexibility index (Phi) is 4.49. The van der Waals surface area contributed by atoms with Crippen LogP contribution in [0.1, 0.15) is 21.6 Å². The van der Waals surface area contributed by atoms with Gasteiger partial charge in [0.15, 0.2) is 0 Å². The first-order chi connectivity index (χ1) is 9.99. The molecule has 21 heavy (non-hydrogen) atoms. The summed E-state index contributed by atoms with van der Waals surface area (Å²) in [4.78, 5) is 26.2. The molecule has 0 spiro atoms. The molecule has 0 unspecified atom stereocenters. The molecule has 1 aromatic carbocycles. The van der Waals surface area contributed by atoms with Crippen LogP contribution in [0.2, 0.25) is 5.02 Å². The summed E-state index contributed by atoms with van der Waals surface area (Å²) in [6, 6.07) is 7.57. The molecule has 2 rings (SSSR count). The first-order valence-corrected chi connectivity index (χ1v) is 6.49. The maximum absolute atomic E-state index is 12.0. The van der Waals surface area contributed by atoms with E-state index in [0.717, 1.165) is 11.3 Å². The van der Waals surface area contributed by atoms with Crippen molar-refractivity contribution in [1.29, 1.82) is 0 Å². The number of nitro groups is 1. The summed E-state index contributed by atoms with van der Waals surface area (Å²) in [5, 5.41) is 13.3. The molecule has 0 atom stereocenters. The lowest BCUT2D eigenvalue weighted by atomic mass is 10.2. The fourth-order valence-electron chi connectivity index (χ4n) is 1.77. The topological polar surface area (TPSA) is 85.1 Å². The number of rotatable bonds is 4. The van der Waals surface area contributed by atoms with E-state index in [9.17, 15) is 14.9 Å². The van der Waals surface area contributed by atoms with Gasteiger partial charge in [-0.2, -0.15) is 0 Å². The van der Waals surface area contributed by atoms with Gasteiger partial charge in [0.1, 0.15) is 5.02 Å². The number of amides is 1. The van der Waals surface area contributed by atoms with Crippen LogP contribution in [0.15, 0.2) is 36.5 Å². The average Bonchev–Trinajstić information content (AvgIpc) is 2.45. The van der Waals surface area contributed by atoms with Crippen molar-refractivity contribution in [1.82, 2.24) is 10.3 Å². The molecule has 0 aliphatic heterocycles. The Morgan fingerprint density at radius 2 is 2.19 bits per heavy atom. The minimum atomic E-state index is -0.596. The van der Waals surface area contributed by atoms with Crippen LogP contribution in [0, 0.1) is 17.0 Å². The van der Waals surface area contributed by atoms with Gasteiger partial charge in [-0.25, -0.2) is 0 Å². The number of aryl methyl sites for hydroxylation is 1. The van der Waals surface area contributed by atoms with E-state index < -0.39 is 4.92 Å². The average molecular weight is 306 g/mol. The van der Waals surface area contributed by atoms with E-state index in [0.29, 0.717) is 0 Å². The number of hydrogen-bond donors (Lipinski definition) is 1. The lowest BCUT2D eigenvalue weighted by molar-refractivity contribution is -0.384. The Morgan fingerprint density at radius 1 is 1.43 bits per heavy atom. The van der Waals surface area contributed by atoms with Crippen molar-refractivity contribution in [2.45, 2.75) is 13.5 Å². The normalized spacial score (nSPS) is 10.2. The maximum atomic E-state index is 12.0. The third kappa shape index (κ3) is 3.55. The van der Waals surface area contributed by atoms with Gasteiger partial charge in [-0.3, -0.25) is 19.9 Å². The van der Waals surface area contributed by atoms with Gasteiger partial charge < -0.3 is 5.32 Å². The van der Waals surface area contributed by atoms with Crippen molar-refractivity contribution in [3.63, 3.8) is 0 Å². The largest absolute Gasteiger partial charge is 0.346 e. The number of benzene rings is 1. The highest BCUT2D eigenvalue weighted by Crippen LogP contribution is 2.24. The molecule has 1 amide bonds. The van der Waals surface area contributed by atoms with E-state index in [1.54, 1.807) is 6.20 Å². The molecule has 1 N–H and O–H groups in total. The quantitative estimate of drug-likeness (QED) is 0.695. The molecule has 0 fully saturated rings. The zero-order valence-corrected chi connectivity index (χ0v) is 11.9. The summed E-state index contributed by atoms with van der Waals surface area (Å²) in [7, 11) is 0. The van der Waals surface area contributed by atoms with Crippen molar-refractivity contribution in [3.05, 3.63) is 68.5 Å². The van der Waals surface area contributed by atoms with Gasteiger partial charge in [0.05, 0.1) is 17.2 Å². The number of pyridine rings is 1. The summed E-state index contributed by atoms with van der Waals surface area (Å²) in [6.07, 6.45) is 1.65. The summed E-state index contributed by atoms with van der Waals surface area (Å²) in [6.45, 7) is 2.18. The van der Waals surface area contributed by atoms with Gasteiger partial charge in [0, 0.05) is 17.8 Å². The molecule has 0 radical (unpaired) electrons. The highest BCUT2D eigenvalue weighted by atomic mass is 35.5. The predicted octanol–water partition coefficient (Wildman–Crippen LogP) is 2.88. The van der Waals surface area contributed by atoms with Crippen molar-refractivity contribution < 1.29 is 9.72 Å². The van der Waals surface area contributed by atoms with Gasteiger partial charge in [0.2, 0.25) is 0 Å². The third-order valence-corrected chi connectivity index (χ3v) is 3.24. The van der Waals surface area contributed by atoms with Gasteiger partial charge in [-0.15, -0.1) is 0 Å². The van der Waals surface area contributed by atoms with E-state index in [4.69, 9.17) is 11.6 Å². The monoisotopic (exact) mass is 305 g/mol. The van der Waals surface area contributed by atoms with Gasteiger partial charge in [-0.1, -0.05) is 17.7 Å². The molecule has 0 saturated heterocycles. The van der Waals surface area contributed by atoms with Crippen molar-refractivity contribution in [3.8, 4) is 0 Å². The van der Waals surface area contributed by atoms with Gasteiger partial charge in [-0.05, 0) is 30.7 Å². The minimum absolute atomic E-state index is 0.0679. The number of aromatic nitrogens is 1. The van der Waals surface area contributed by atoms with E-state index in [1.807, 2.05) is 19.1 Å². The molecule has 1 aromatic heterocycles. The Balaban J connectivity index is 2.09. The fourth-order valence-corrected chi connectivity index (χ4v) is 2.02. The highest BCUT2D eigenvalue weighted by molar-refractivity contribution is 6.33. The van der Waals surface area contributed by atoms with Crippen molar-refractivity contribution in [2.24, 2.45) is 0 Å². The number of halogens is 1. The van der Waals surface area contributed by atoms with E-state index in [1.165, 1.54) is 18.2 Å². The lowest BCUT2D eigenvalue weighted by Crippen LogP contribution is -2.23. The van der Waals surface area contributed by atoms with E-state index in [-0.39, 0.29) is 28.7 Å². The maximum Gasteiger partial charge on any atom is 0.287 e. The van der Waals surface area contributed by atoms with Crippen LogP contribution >= 0.6 is 11.6 Å². The SMILES string of the molecule is Cc1cccnc1CNC(=O)c1ccc([N+](=O)[O-])c(Cl)c1. The molecular formula is C14H12ClN3O3. The minimum Gasteiger partial charge on any atom is -0.346 e. The zero-order chi connectivity index (χ0) is 15.4.